The number of thioether (sulfide) groups is 1. The van der Waals surface area contributed by atoms with Gasteiger partial charge in [-0.05, 0) is 48.6 Å². The molecule has 0 unspecified atom stereocenters. The summed E-state index contributed by atoms with van der Waals surface area (Å²) >= 11 is 3.01. The van der Waals surface area contributed by atoms with Crippen LogP contribution in [0.4, 0.5) is 0 Å². The van der Waals surface area contributed by atoms with Gasteiger partial charge in [0.25, 0.3) is 5.56 Å². The van der Waals surface area contributed by atoms with Crippen LogP contribution in [0.1, 0.15) is 24.0 Å². The molecule has 3 nitrogen and oxygen atoms in total. The number of thiophene rings is 1. The second-order valence-corrected chi connectivity index (χ2v) is 7.25. The molecule has 0 aliphatic heterocycles. The summed E-state index contributed by atoms with van der Waals surface area (Å²) in [7, 11) is 0. The summed E-state index contributed by atoms with van der Waals surface area (Å²) in [5.74, 6) is 0. The van der Waals surface area contributed by atoms with Gasteiger partial charge in [0, 0.05) is 10.9 Å². The molecule has 3 aromatic rings. The lowest BCUT2D eigenvalue weighted by molar-refractivity contribution is 0.686. The van der Waals surface area contributed by atoms with Crippen LogP contribution in [0.25, 0.3) is 21.3 Å². The maximum absolute atomic E-state index is 12.4. The minimum atomic E-state index is -0.0386. The molecule has 2 aromatic heterocycles. The first-order chi connectivity index (χ1) is 10.8. The van der Waals surface area contributed by atoms with E-state index in [9.17, 15) is 4.79 Å². The summed E-state index contributed by atoms with van der Waals surface area (Å²) in [5.41, 5.74) is 5.01. The van der Waals surface area contributed by atoms with Gasteiger partial charge in [0.15, 0.2) is 5.16 Å². The van der Waals surface area contributed by atoms with Gasteiger partial charge >= 0.3 is 0 Å². The predicted octanol–water partition coefficient (Wildman–Crippen LogP) is 4.25. The van der Waals surface area contributed by atoms with Gasteiger partial charge in [-0.2, -0.15) is 0 Å². The highest BCUT2D eigenvalue weighted by Gasteiger charge is 2.15. The van der Waals surface area contributed by atoms with Crippen LogP contribution < -0.4 is 5.56 Å². The first kappa shape index (κ1) is 14.0. The Balaban J connectivity index is 1.89. The van der Waals surface area contributed by atoms with E-state index in [4.69, 9.17) is 0 Å². The normalized spacial score (nSPS) is 14.2. The van der Waals surface area contributed by atoms with Crippen LogP contribution in [-0.2, 0) is 12.8 Å². The van der Waals surface area contributed by atoms with E-state index in [2.05, 4.69) is 33.5 Å². The third-order valence-electron chi connectivity index (χ3n) is 4.28. The van der Waals surface area contributed by atoms with Crippen LogP contribution in [0.2, 0.25) is 0 Å². The van der Waals surface area contributed by atoms with Crippen molar-refractivity contribution >= 4 is 33.3 Å². The molecule has 0 saturated carbocycles. The lowest BCUT2D eigenvalue weighted by atomic mass is 9.89. The van der Waals surface area contributed by atoms with Crippen LogP contribution >= 0.6 is 23.1 Å². The van der Waals surface area contributed by atoms with E-state index in [-0.39, 0.29) is 5.56 Å². The Bertz CT molecular complexity index is 911. The van der Waals surface area contributed by atoms with Gasteiger partial charge in [-0.1, -0.05) is 30.0 Å². The number of rotatable bonds is 2. The number of hydrogen-bond acceptors (Lipinski definition) is 4. The summed E-state index contributed by atoms with van der Waals surface area (Å²) < 4.78 is 0. The Labute approximate surface area is 136 Å². The fraction of sp³-hybridized carbons (Fsp3) is 0.294. The van der Waals surface area contributed by atoms with Crippen LogP contribution in [0.15, 0.2) is 33.5 Å². The van der Waals surface area contributed by atoms with Crippen molar-refractivity contribution in [1.29, 1.82) is 0 Å². The molecule has 1 aliphatic rings. The topological polar surface area (TPSA) is 45.8 Å². The first-order valence-electron chi connectivity index (χ1n) is 7.44. The number of aromatic nitrogens is 2. The summed E-state index contributed by atoms with van der Waals surface area (Å²) in [6.07, 6.45) is 6.80. The molecule has 0 fully saturated rings. The summed E-state index contributed by atoms with van der Waals surface area (Å²) in [5, 5.41) is 3.46. The van der Waals surface area contributed by atoms with Crippen molar-refractivity contribution < 1.29 is 0 Å². The Morgan fingerprint density at radius 3 is 2.86 bits per heavy atom. The molecule has 1 aromatic carbocycles. The second-order valence-electron chi connectivity index (χ2n) is 5.60. The van der Waals surface area contributed by atoms with Crippen molar-refractivity contribution in [2.75, 3.05) is 6.26 Å². The monoisotopic (exact) mass is 328 g/mol. The molecule has 1 aliphatic carbocycles. The van der Waals surface area contributed by atoms with Crippen molar-refractivity contribution in [3.63, 3.8) is 0 Å². The van der Waals surface area contributed by atoms with Gasteiger partial charge in [0.2, 0.25) is 0 Å². The molecule has 0 bridgehead atoms. The van der Waals surface area contributed by atoms with Crippen LogP contribution in [0, 0.1) is 0 Å². The molecule has 0 spiro atoms. The fourth-order valence-electron chi connectivity index (χ4n) is 3.14. The largest absolute Gasteiger partial charge is 0.301 e. The van der Waals surface area contributed by atoms with Gasteiger partial charge in [0.05, 0.1) is 5.39 Å². The maximum Gasteiger partial charge on any atom is 0.260 e. The quantitative estimate of drug-likeness (QED) is 0.565. The van der Waals surface area contributed by atoms with E-state index in [1.807, 2.05) is 6.26 Å². The predicted molar refractivity (Wildman–Crippen MR) is 94.1 cm³/mol. The Kier molecular flexibility index (Phi) is 3.54. The molecule has 0 atom stereocenters. The molecule has 1 N–H and O–H groups in total. The van der Waals surface area contributed by atoms with E-state index < -0.39 is 0 Å². The number of benzene rings is 1. The Morgan fingerprint density at radius 2 is 2.05 bits per heavy atom. The summed E-state index contributed by atoms with van der Waals surface area (Å²) in [6.45, 7) is 0. The van der Waals surface area contributed by atoms with Crippen LogP contribution in [-0.4, -0.2) is 16.2 Å². The molecule has 112 valence electrons. The average molecular weight is 328 g/mol. The van der Waals surface area contributed by atoms with Gasteiger partial charge in [-0.25, -0.2) is 4.98 Å². The number of H-pyrrole nitrogens is 1. The van der Waals surface area contributed by atoms with Gasteiger partial charge in [-0.15, -0.1) is 11.3 Å². The molecule has 0 radical (unpaired) electrons. The number of fused-ring (bicyclic) bond motifs is 2. The Morgan fingerprint density at radius 1 is 1.23 bits per heavy atom. The van der Waals surface area contributed by atoms with Crippen molar-refractivity contribution in [3.8, 4) is 11.1 Å². The van der Waals surface area contributed by atoms with E-state index in [1.54, 1.807) is 11.3 Å². The average Bonchev–Trinajstić information content (AvgIpc) is 2.98. The van der Waals surface area contributed by atoms with Crippen molar-refractivity contribution in [1.82, 2.24) is 9.97 Å². The molecule has 5 heteroatoms. The highest BCUT2D eigenvalue weighted by atomic mass is 32.2. The van der Waals surface area contributed by atoms with Gasteiger partial charge in [0.1, 0.15) is 4.83 Å². The van der Waals surface area contributed by atoms with Crippen LogP contribution in [0.5, 0.6) is 0 Å². The zero-order valence-electron chi connectivity index (χ0n) is 12.3. The molecule has 4 rings (SSSR count). The number of nitrogens with zero attached hydrogens (tertiary/aromatic N) is 1. The fourth-order valence-corrected chi connectivity index (χ4v) is 4.52. The Hall–Kier alpha value is -1.59. The number of nitrogens with one attached hydrogen (secondary N) is 1. The number of hydrogen-bond donors (Lipinski definition) is 1. The summed E-state index contributed by atoms with van der Waals surface area (Å²) in [6, 6.07) is 6.64. The molecule has 2 heterocycles. The second kappa shape index (κ2) is 5.56. The molecule has 0 saturated heterocycles. The molecule has 0 amide bonds. The van der Waals surface area contributed by atoms with Crippen molar-refractivity contribution in [2.45, 2.75) is 30.8 Å². The van der Waals surface area contributed by atoms with E-state index >= 15 is 0 Å². The van der Waals surface area contributed by atoms with Gasteiger partial charge < -0.3 is 4.98 Å². The molecule has 22 heavy (non-hydrogen) atoms. The highest BCUT2D eigenvalue weighted by Crippen LogP contribution is 2.33. The zero-order chi connectivity index (χ0) is 15.1. The zero-order valence-corrected chi connectivity index (χ0v) is 13.9. The van der Waals surface area contributed by atoms with Crippen molar-refractivity contribution in [2.24, 2.45) is 0 Å². The standard InChI is InChI=1S/C17H16N2OS2/c1-21-17-18-15(20)14-13(9-22-16(14)19-17)12-7-6-10-4-2-3-5-11(10)8-12/h6-9H,2-5H2,1H3,(H,18,19,20). The minimum absolute atomic E-state index is 0.0386. The van der Waals surface area contributed by atoms with Gasteiger partial charge in [-0.3, -0.25) is 4.79 Å². The van der Waals surface area contributed by atoms with E-state index in [0.717, 1.165) is 27.8 Å². The third-order valence-corrected chi connectivity index (χ3v) is 5.73. The highest BCUT2D eigenvalue weighted by molar-refractivity contribution is 7.98. The SMILES string of the molecule is CSc1nc2scc(-c3ccc4c(c3)CCCC4)c2c(=O)[nH]1. The first-order valence-corrected chi connectivity index (χ1v) is 9.54. The number of aromatic amines is 1. The van der Waals surface area contributed by atoms with E-state index in [0.29, 0.717) is 5.16 Å². The smallest absolute Gasteiger partial charge is 0.260 e. The van der Waals surface area contributed by atoms with Crippen LogP contribution in [0.3, 0.4) is 0 Å². The lowest BCUT2D eigenvalue weighted by Crippen LogP contribution is -2.08. The minimum Gasteiger partial charge on any atom is -0.301 e. The lowest BCUT2D eigenvalue weighted by Gasteiger charge is -2.16. The van der Waals surface area contributed by atoms with E-state index in [1.165, 1.54) is 42.2 Å². The number of aryl methyl sites for hydroxylation is 2. The molecular formula is C17H16N2OS2. The molecular weight excluding hydrogens is 312 g/mol. The van der Waals surface area contributed by atoms with Crippen molar-refractivity contribution in [3.05, 3.63) is 45.1 Å². The third kappa shape index (κ3) is 2.29. The summed E-state index contributed by atoms with van der Waals surface area (Å²) in [4.78, 5) is 20.6. The maximum atomic E-state index is 12.4.